The summed E-state index contributed by atoms with van der Waals surface area (Å²) in [6.07, 6.45) is 0.466. The highest BCUT2D eigenvalue weighted by molar-refractivity contribution is 7.89. The minimum Gasteiger partial charge on any atom is -0.258 e. The molecule has 8 heteroatoms. The average Bonchev–Trinajstić information content (AvgIpc) is 2.56. The number of benzene rings is 2. The van der Waals surface area contributed by atoms with Crippen LogP contribution in [0.25, 0.3) is 0 Å². The lowest BCUT2D eigenvalue weighted by atomic mass is 10.1. The first-order valence-electron chi connectivity index (χ1n) is 7.23. The number of nitrogens with one attached hydrogen (secondary N) is 1. The van der Waals surface area contributed by atoms with Crippen LogP contribution in [0.4, 0.5) is 5.69 Å². The van der Waals surface area contributed by atoms with Crippen molar-refractivity contribution in [2.45, 2.75) is 25.2 Å². The van der Waals surface area contributed by atoms with Gasteiger partial charge in [0.1, 0.15) is 0 Å². The topological polar surface area (TPSA) is 102 Å². The summed E-state index contributed by atoms with van der Waals surface area (Å²) in [7, 11) is -3.76. The highest BCUT2D eigenvalue weighted by atomic mass is 32.2. The van der Waals surface area contributed by atoms with Crippen molar-refractivity contribution in [3.05, 3.63) is 69.8 Å². The van der Waals surface area contributed by atoms with Crippen LogP contribution in [0, 0.1) is 17.0 Å². The van der Waals surface area contributed by atoms with Gasteiger partial charge in [-0.25, -0.2) is 0 Å². The minimum atomic E-state index is -3.76. The molecule has 2 aromatic rings. The molecule has 0 aliphatic carbocycles. The second-order valence-corrected chi connectivity index (χ2v) is 6.78. The van der Waals surface area contributed by atoms with Crippen molar-refractivity contribution < 1.29 is 13.3 Å². The average molecular weight is 347 g/mol. The SMILES string of the molecule is CCC(=NNS(=O)(=O)c1ccc(C)cc1)c1ccc([N+](=O)[O-])cc1. The Bertz CT molecular complexity index is 857. The van der Waals surface area contributed by atoms with E-state index in [1.807, 2.05) is 13.8 Å². The van der Waals surface area contributed by atoms with E-state index in [-0.39, 0.29) is 10.6 Å². The van der Waals surface area contributed by atoms with Crippen LogP contribution in [0.2, 0.25) is 0 Å². The van der Waals surface area contributed by atoms with Crippen molar-refractivity contribution in [2.24, 2.45) is 5.10 Å². The van der Waals surface area contributed by atoms with Gasteiger partial charge in [-0.1, -0.05) is 24.6 Å². The zero-order valence-corrected chi connectivity index (χ0v) is 14.1. The molecule has 7 nitrogen and oxygen atoms in total. The van der Waals surface area contributed by atoms with Gasteiger partial charge < -0.3 is 0 Å². The Balaban J connectivity index is 2.24. The minimum absolute atomic E-state index is 0.0329. The van der Waals surface area contributed by atoms with Gasteiger partial charge in [-0.2, -0.15) is 18.4 Å². The van der Waals surface area contributed by atoms with Crippen molar-refractivity contribution in [1.82, 2.24) is 4.83 Å². The van der Waals surface area contributed by atoms with Crippen LogP contribution in [-0.4, -0.2) is 19.1 Å². The molecular weight excluding hydrogens is 330 g/mol. The second kappa shape index (κ2) is 7.22. The number of nitrogens with zero attached hydrogens (tertiary/aromatic N) is 2. The first-order valence-corrected chi connectivity index (χ1v) is 8.71. The van der Waals surface area contributed by atoms with Gasteiger partial charge in [0.05, 0.1) is 15.5 Å². The molecule has 0 aliphatic heterocycles. The fourth-order valence-corrected chi connectivity index (χ4v) is 2.84. The number of hydrazone groups is 1. The molecule has 0 aliphatic rings. The molecule has 0 saturated carbocycles. The number of rotatable bonds is 6. The molecule has 0 heterocycles. The van der Waals surface area contributed by atoms with E-state index in [4.69, 9.17) is 0 Å². The number of aryl methyl sites for hydroxylation is 1. The van der Waals surface area contributed by atoms with Crippen molar-refractivity contribution >= 4 is 21.4 Å². The van der Waals surface area contributed by atoms with Gasteiger partial charge in [0.15, 0.2) is 0 Å². The maximum atomic E-state index is 12.2. The van der Waals surface area contributed by atoms with E-state index >= 15 is 0 Å². The smallest absolute Gasteiger partial charge is 0.258 e. The summed E-state index contributed by atoms with van der Waals surface area (Å²) in [5, 5.41) is 14.6. The predicted octanol–water partition coefficient (Wildman–Crippen LogP) is 3.00. The molecule has 0 spiro atoms. The van der Waals surface area contributed by atoms with Gasteiger partial charge in [0, 0.05) is 12.1 Å². The van der Waals surface area contributed by atoms with Crippen molar-refractivity contribution in [1.29, 1.82) is 0 Å². The number of hydrogen-bond donors (Lipinski definition) is 1. The zero-order valence-electron chi connectivity index (χ0n) is 13.3. The van der Waals surface area contributed by atoms with E-state index in [9.17, 15) is 18.5 Å². The summed E-state index contributed by atoms with van der Waals surface area (Å²) in [6, 6.07) is 12.2. The Morgan fingerprint density at radius 3 is 2.21 bits per heavy atom. The lowest BCUT2D eigenvalue weighted by Gasteiger charge is -2.07. The molecule has 2 rings (SSSR count). The molecule has 2 aromatic carbocycles. The van der Waals surface area contributed by atoms with Gasteiger partial charge in [-0.3, -0.25) is 10.1 Å². The number of nitro benzene ring substituents is 1. The monoisotopic (exact) mass is 347 g/mol. The summed E-state index contributed by atoms with van der Waals surface area (Å²) >= 11 is 0. The van der Waals surface area contributed by atoms with Crippen LogP contribution in [-0.2, 0) is 10.0 Å². The Morgan fingerprint density at radius 2 is 1.71 bits per heavy atom. The highest BCUT2D eigenvalue weighted by Crippen LogP contribution is 2.14. The van der Waals surface area contributed by atoms with Crippen molar-refractivity contribution in [2.75, 3.05) is 0 Å². The number of non-ortho nitro benzene ring substituents is 1. The first kappa shape index (κ1) is 17.6. The van der Waals surface area contributed by atoms with E-state index in [0.29, 0.717) is 17.7 Å². The lowest BCUT2D eigenvalue weighted by molar-refractivity contribution is -0.384. The summed E-state index contributed by atoms with van der Waals surface area (Å²) in [5.74, 6) is 0. The number of hydrogen-bond acceptors (Lipinski definition) is 5. The quantitative estimate of drug-likeness (QED) is 0.493. The fourth-order valence-electron chi connectivity index (χ4n) is 2.01. The Labute approximate surface area is 140 Å². The van der Waals surface area contributed by atoms with E-state index in [1.165, 1.54) is 24.3 Å². The summed E-state index contributed by atoms with van der Waals surface area (Å²) in [5.41, 5.74) is 2.03. The fraction of sp³-hybridized carbons (Fsp3) is 0.188. The van der Waals surface area contributed by atoms with Gasteiger partial charge in [-0.15, -0.1) is 0 Å². The third-order valence-electron chi connectivity index (χ3n) is 3.38. The summed E-state index contributed by atoms with van der Waals surface area (Å²) < 4.78 is 24.5. The first-order chi connectivity index (χ1) is 11.3. The van der Waals surface area contributed by atoms with Crippen LogP contribution >= 0.6 is 0 Å². The summed E-state index contributed by atoms with van der Waals surface area (Å²) in [6.45, 7) is 3.69. The van der Waals surface area contributed by atoms with Gasteiger partial charge in [-0.05, 0) is 43.2 Å². The number of nitro groups is 1. The molecule has 0 bridgehead atoms. The van der Waals surface area contributed by atoms with E-state index in [0.717, 1.165) is 5.56 Å². The predicted molar refractivity (Wildman–Crippen MR) is 91.4 cm³/mol. The lowest BCUT2D eigenvalue weighted by Crippen LogP contribution is -2.20. The molecule has 0 atom stereocenters. The molecule has 0 radical (unpaired) electrons. The van der Waals surface area contributed by atoms with Gasteiger partial charge in [0.25, 0.3) is 15.7 Å². The standard InChI is InChI=1S/C16H17N3O4S/c1-3-16(13-6-8-14(9-7-13)19(20)21)17-18-24(22,23)15-10-4-12(2)5-11-15/h4-11,18H,3H2,1-2H3. The van der Waals surface area contributed by atoms with Crippen LogP contribution in [0.15, 0.2) is 58.5 Å². The Morgan fingerprint density at radius 1 is 1.12 bits per heavy atom. The molecule has 126 valence electrons. The van der Waals surface area contributed by atoms with Crippen molar-refractivity contribution in [3.8, 4) is 0 Å². The molecule has 24 heavy (non-hydrogen) atoms. The van der Waals surface area contributed by atoms with E-state index < -0.39 is 14.9 Å². The highest BCUT2D eigenvalue weighted by Gasteiger charge is 2.13. The molecule has 0 fully saturated rings. The van der Waals surface area contributed by atoms with Crippen molar-refractivity contribution in [3.63, 3.8) is 0 Å². The zero-order chi connectivity index (χ0) is 17.7. The normalized spacial score (nSPS) is 12.0. The third-order valence-corrected chi connectivity index (χ3v) is 4.60. The largest absolute Gasteiger partial charge is 0.276 e. The van der Waals surface area contributed by atoms with E-state index in [2.05, 4.69) is 9.93 Å². The van der Waals surface area contributed by atoms with Crippen LogP contribution in [0.3, 0.4) is 0 Å². The maximum absolute atomic E-state index is 12.2. The molecule has 0 amide bonds. The van der Waals surface area contributed by atoms with Crippen LogP contribution < -0.4 is 4.83 Å². The maximum Gasteiger partial charge on any atom is 0.276 e. The summed E-state index contributed by atoms with van der Waals surface area (Å²) in [4.78, 5) is 12.5. The van der Waals surface area contributed by atoms with Crippen LogP contribution in [0.5, 0.6) is 0 Å². The Kier molecular flexibility index (Phi) is 5.30. The van der Waals surface area contributed by atoms with E-state index in [1.54, 1.807) is 24.3 Å². The molecule has 0 unspecified atom stereocenters. The number of sulfonamides is 1. The van der Waals surface area contributed by atoms with Crippen LogP contribution in [0.1, 0.15) is 24.5 Å². The Hall–Kier alpha value is -2.74. The third kappa shape index (κ3) is 4.17. The second-order valence-electron chi connectivity index (χ2n) is 5.12. The van der Waals surface area contributed by atoms with Gasteiger partial charge >= 0.3 is 0 Å². The molecular formula is C16H17N3O4S. The van der Waals surface area contributed by atoms with Gasteiger partial charge in [0.2, 0.25) is 0 Å². The molecule has 0 aromatic heterocycles. The molecule has 0 saturated heterocycles. The molecule has 1 N–H and O–H groups in total.